The molecule has 1 aliphatic rings. The second-order valence-electron chi connectivity index (χ2n) is 5.62. The third-order valence-electron chi connectivity index (χ3n) is 3.94. The fraction of sp³-hybridized carbons (Fsp3) is 0.857. The van der Waals surface area contributed by atoms with E-state index in [0.29, 0.717) is 0 Å². The molecule has 1 fully saturated rings. The van der Waals surface area contributed by atoms with Crippen LogP contribution in [0.2, 0.25) is 0 Å². The Balaban J connectivity index is 1.81. The van der Waals surface area contributed by atoms with Gasteiger partial charge in [0.25, 0.3) is 0 Å². The summed E-state index contributed by atoms with van der Waals surface area (Å²) < 4.78 is 5.00. The van der Waals surface area contributed by atoms with Crippen LogP contribution in [-0.2, 0) is 16.6 Å². The van der Waals surface area contributed by atoms with Gasteiger partial charge in [0.1, 0.15) is 10.0 Å². The molecule has 5 heteroatoms. The van der Waals surface area contributed by atoms with Crippen LogP contribution in [0.4, 0.5) is 0 Å². The van der Waals surface area contributed by atoms with Crippen LogP contribution in [0.3, 0.4) is 0 Å². The SMILES string of the molecule is COCCNCCc1nnc(C2(C)CCCCC2)s1. The van der Waals surface area contributed by atoms with Crippen molar-refractivity contribution in [3.05, 3.63) is 10.0 Å². The molecule has 108 valence electrons. The van der Waals surface area contributed by atoms with E-state index in [0.717, 1.165) is 31.1 Å². The quantitative estimate of drug-likeness (QED) is 0.781. The molecule has 19 heavy (non-hydrogen) atoms. The molecule has 1 aliphatic carbocycles. The minimum absolute atomic E-state index is 0.289. The minimum atomic E-state index is 0.289. The van der Waals surface area contributed by atoms with Crippen LogP contribution in [0.1, 0.15) is 49.0 Å². The molecular formula is C14H25N3OS. The van der Waals surface area contributed by atoms with Crippen molar-refractivity contribution < 1.29 is 4.74 Å². The molecule has 1 aromatic heterocycles. The average molecular weight is 283 g/mol. The van der Waals surface area contributed by atoms with E-state index in [2.05, 4.69) is 22.4 Å². The number of aromatic nitrogens is 2. The Bertz CT molecular complexity index is 375. The van der Waals surface area contributed by atoms with Gasteiger partial charge in [0, 0.05) is 32.0 Å². The molecule has 0 aliphatic heterocycles. The fourth-order valence-corrected chi connectivity index (χ4v) is 3.68. The van der Waals surface area contributed by atoms with E-state index in [4.69, 9.17) is 4.74 Å². The van der Waals surface area contributed by atoms with Gasteiger partial charge >= 0.3 is 0 Å². The van der Waals surface area contributed by atoms with Gasteiger partial charge in [-0.15, -0.1) is 21.5 Å². The molecule has 1 heterocycles. The van der Waals surface area contributed by atoms with Crippen LogP contribution in [0.15, 0.2) is 0 Å². The summed E-state index contributed by atoms with van der Waals surface area (Å²) in [7, 11) is 1.73. The summed E-state index contributed by atoms with van der Waals surface area (Å²) in [5, 5.41) is 14.5. The highest BCUT2D eigenvalue weighted by Gasteiger charge is 2.32. The van der Waals surface area contributed by atoms with E-state index in [9.17, 15) is 0 Å². The number of hydrogen-bond donors (Lipinski definition) is 1. The molecule has 0 spiro atoms. The number of nitrogens with one attached hydrogen (secondary N) is 1. The van der Waals surface area contributed by atoms with Crippen LogP contribution in [-0.4, -0.2) is 37.0 Å². The summed E-state index contributed by atoms with van der Waals surface area (Å²) >= 11 is 1.81. The first-order valence-electron chi connectivity index (χ1n) is 7.27. The molecule has 0 atom stereocenters. The first kappa shape index (κ1) is 14.9. The van der Waals surface area contributed by atoms with Gasteiger partial charge in [0.15, 0.2) is 0 Å². The van der Waals surface area contributed by atoms with Crippen LogP contribution < -0.4 is 5.32 Å². The third-order valence-corrected chi connectivity index (χ3v) is 5.23. The summed E-state index contributed by atoms with van der Waals surface area (Å²) in [6.45, 7) is 4.97. The maximum atomic E-state index is 5.00. The summed E-state index contributed by atoms with van der Waals surface area (Å²) in [6, 6.07) is 0. The monoisotopic (exact) mass is 283 g/mol. The Kier molecular flexibility index (Phi) is 5.73. The predicted molar refractivity (Wildman–Crippen MR) is 78.8 cm³/mol. The highest BCUT2D eigenvalue weighted by atomic mass is 32.1. The van der Waals surface area contributed by atoms with Crippen molar-refractivity contribution in [3.8, 4) is 0 Å². The Morgan fingerprint density at radius 1 is 1.21 bits per heavy atom. The van der Waals surface area contributed by atoms with Gasteiger partial charge in [0.05, 0.1) is 6.61 Å². The van der Waals surface area contributed by atoms with E-state index in [1.165, 1.54) is 37.1 Å². The lowest BCUT2D eigenvalue weighted by molar-refractivity contribution is 0.199. The molecule has 0 aromatic carbocycles. The van der Waals surface area contributed by atoms with Crippen molar-refractivity contribution in [1.82, 2.24) is 15.5 Å². The van der Waals surface area contributed by atoms with E-state index in [1.807, 2.05) is 11.3 Å². The number of hydrogen-bond acceptors (Lipinski definition) is 5. The summed E-state index contributed by atoms with van der Waals surface area (Å²) in [4.78, 5) is 0. The second kappa shape index (κ2) is 7.31. The van der Waals surface area contributed by atoms with Gasteiger partial charge in [0.2, 0.25) is 0 Å². The van der Waals surface area contributed by atoms with Crippen molar-refractivity contribution in [1.29, 1.82) is 0 Å². The maximum Gasteiger partial charge on any atom is 0.123 e. The molecular weight excluding hydrogens is 258 g/mol. The first-order chi connectivity index (χ1) is 9.24. The molecule has 0 unspecified atom stereocenters. The van der Waals surface area contributed by atoms with Crippen molar-refractivity contribution in [3.63, 3.8) is 0 Å². The zero-order chi connectivity index (χ0) is 13.6. The normalized spacial score (nSPS) is 18.6. The van der Waals surface area contributed by atoms with Crippen LogP contribution in [0.5, 0.6) is 0 Å². The first-order valence-corrected chi connectivity index (χ1v) is 8.09. The number of methoxy groups -OCH3 is 1. The summed E-state index contributed by atoms with van der Waals surface area (Å²) in [6.07, 6.45) is 7.57. The predicted octanol–water partition coefficient (Wildman–Crippen LogP) is 2.54. The summed E-state index contributed by atoms with van der Waals surface area (Å²) in [5.41, 5.74) is 0.289. The molecule has 1 aromatic rings. The largest absolute Gasteiger partial charge is 0.383 e. The second-order valence-corrected chi connectivity index (χ2v) is 6.68. The van der Waals surface area contributed by atoms with Gasteiger partial charge in [-0.3, -0.25) is 0 Å². The Morgan fingerprint density at radius 2 is 2.00 bits per heavy atom. The van der Waals surface area contributed by atoms with Crippen molar-refractivity contribution >= 4 is 11.3 Å². The van der Waals surface area contributed by atoms with Gasteiger partial charge in [-0.25, -0.2) is 0 Å². The van der Waals surface area contributed by atoms with Crippen LogP contribution in [0.25, 0.3) is 0 Å². The standard InChI is InChI=1S/C14H25N3OS/c1-14(7-4-3-5-8-14)13-17-16-12(19-13)6-9-15-10-11-18-2/h15H,3-11H2,1-2H3. The zero-order valence-corrected chi connectivity index (χ0v) is 12.9. The third kappa shape index (κ3) is 4.23. The number of rotatable bonds is 7. The molecule has 1 N–H and O–H groups in total. The van der Waals surface area contributed by atoms with Crippen LogP contribution in [0, 0.1) is 0 Å². The van der Waals surface area contributed by atoms with E-state index in [1.54, 1.807) is 7.11 Å². The number of ether oxygens (including phenoxy) is 1. The van der Waals surface area contributed by atoms with E-state index < -0.39 is 0 Å². The van der Waals surface area contributed by atoms with Gasteiger partial charge in [-0.2, -0.15) is 0 Å². The topological polar surface area (TPSA) is 47.0 Å². The van der Waals surface area contributed by atoms with Gasteiger partial charge in [-0.1, -0.05) is 26.2 Å². The highest BCUT2D eigenvalue weighted by molar-refractivity contribution is 7.11. The lowest BCUT2D eigenvalue weighted by Crippen LogP contribution is -2.24. The Morgan fingerprint density at radius 3 is 2.74 bits per heavy atom. The lowest BCUT2D eigenvalue weighted by Gasteiger charge is -2.30. The summed E-state index contributed by atoms with van der Waals surface area (Å²) in [5.74, 6) is 0. The molecule has 4 nitrogen and oxygen atoms in total. The molecule has 0 bridgehead atoms. The Labute approximate surface area is 120 Å². The van der Waals surface area contributed by atoms with Gasteiger partial charge in [-0.05, 0) is 12.8 Å². The highest BCUT2D eigenvalue weighted by Crippen LogP contribution is 2.40. The van der Waals surface area contributed by atoms with Crippen molar-refractivity contribution in [2.24, 2.45) is 0 Å². The average Bonchev–Trinajstić information content (AvgIpc) is 2.89. The van der Waals surface area contributed by atoms with Gasteiger partial charge < -0.3 is 10.1 Å². The van der Waals surface area contributed by atoms with Crippen molar-refractivity contribution in [2.75, 3.05) is 26.8 Å². The molecule has 1 saturated carbocycles. The van der Waals surface area contributed by atoms with E-state index >= 15 is 0 Å². The Hall–Kier alpha value is -0.520. The fourth-order valence-electron chi connectivity index (χ4n) is 2.64. The molecule has 0 saturated heterocycles. The van der Waals surface area contributed by atoms with Crippen LogP contribution >= 0.6 is 11.3 Å². The molecule has 0 amide bonds. The lowest BCUT2D eigenvalue weighted by atomic mass is 9.76. The zero-order valence-electron chi connectivity index (χ0n) is 12.1. The van der Waals surface area contributed by atoms with Crippen molar-refractivity contribution in [2.45, 2.75) is 50.9 Å². The van der Waals surface area contributed by atoms with E-state index in [-0.39, 0.29) is 5.41 Å². The maximum absolute atomic E-state index is 5.00. The molecule has 0 radical (unpaired) electrons. The smallest absolute Gasteiger partial charge is 0.123 e. The minimum Gasteiger partial charge on any atom is -0.383 e. The number of nitrogens with zero attached hydrogens (tertiary/aromatic N) is 2. The molecule has 2 rings (SSSR count).